The highest BCUT2D eigenvalue weighted by Gasteiger charge is 2.28. The molecule has 5 heteroatoms. The van der Waals surface area contributed by atoms with Gasteiger partial charge in [0, 0.05) is 39.1 Å². The lowest BCUT2D eigenvalue weighted by Crippen LogP contribution is -2.44. The summed E-state index contributed by atoms with van der Waals surface area (Å²) in [4.78, 5) is 0. The molecule has 1 aliphatic heterocycles. The maximum Gasteiger partial charge on any atom is 0.174 e. The van der Waals surface area contributed by atoms with Gasteiger partial charge in [-0.25, -0.2) is 0 Å². The quantitative estimate of drug-likeness (QED) is 0.817. The van der Waals surface area contributed by atoms with E-state index >= 15 is 0 Å². The molecule has 0 aliphatic carbocycles. The van der Waals surface area contributed by atoms with Crippen LogP contribution in [-0.4, -0.2) is 37.1 Å². The Kier molecular flexibility index (Phi) is 5.36. The zero-order chi connectivity index (χ0) is 14.3. The van der Waals surface area contributed by atoms with Crippen LogP contribution >= 0.6 is 0 Å². The minimum atomic E-state index is -0.645. The minimum Gasteiger partial charge on any atom is -0.479 e. The fourth-order valence-corrected chi connectivity index (χ4v) is 2.19. The number of rotatable bonds is 6. The predicted octanol–water partition coefficient (Wildman–Crippen LogP) is 1.22. The number of ether oxygens (including phenoxy) is 2. The van der Waals surface area contributed by atoms with Crippen LogP contribution in [0.5, 0.6) is 5.75 Å². The van der Waals surface area contributed by atoms with Gasteiger partial charge >= 0.3 is 0 Å². The summed E-state index contributed by atoms with van der Waals surface area (Å²) in [6.07, 6.45) is 1.36. The first kappa shape index (κ1) is 14.8. The van der Waals surface area contributed by atoms with Crippen LogP contribution in [0.3, 0.4) is 0 Å². The lowest BCUT2D eigenvalue weighted by molar-refractivity contribution is -0.0617. The molecule has 0 saturated carbocycles. The van der Waals surface area contributed by atoms with Gasteiger partial charge in [0.25, 0.3) is 0 Å². The van der Waals surface area contributed by atoms with Gasteiger partial charge < -0.3 is 19.9 Å². The van der Waals surface area contributed by atoms with Gasteiger partial charge in [-0.15, -0.1) is 0 Å². The largest absolute Gasteiger partial charge is 0.479 e. The fourth-order valence-electron chi connectivity index (χ4n) is 2.19. The molecule has 2 N–H and O–H groups in total. The molecule has 1 aromatic rings. The molecule has 1 aliphatic rings. The highest BCUT2D eigenvalue weighted by molar-refractivity contribution is 5.27. The van der Waals surface area contributed by atoms with E-state index in [9.17, 15) is 5.11 Å². The zero-order valence-electron chi connectivity index (χ0n) is 11.5. The normalized spacial score (nSPS) is 17.4. The number of aliphatic hydroxyl groups is 1. The summed E-state index contributed by atoms with van der Waals surface area (Å²) in [5.41, 5.74) is 0.471. The lowest BCUT2D eigenvalue weighted by Gasteiger charge is -2.32. The van der Waals surface area contributed by atoms with Crippen molar-refractivity contribution in [3.8, 4) is 11.8 Å². The van der Waals surface area contributed by atoms with Gasteiger partial charge in [-0.2, -0.15) is 5.26 Å². The number of benzene rings is 1. The average Bonchev–Trinajstić information content (AvgIpc) is 2.47. The van der Waals surface area contributed by atoms with E-state index in [4.69, 9.17) is 14.7 Å². The van der Waals surface area contributed by atoms with Crippen LogP contribution in [0.15, 0.2) is 24.3 Å². The molecule has 108 valence electrons. The molecule has 1 saturated heterocycles. The molecule has 0 radical (unpaired) electrons. The van der Waals surface area contributed by atoms with E-state index in [1.165, 1.54) is 0 Å². The van der Waals surface area contributed by atoms with Crippen molar-refractivity contribution < 1.29 is 14.6 Å². The standard InChI is InChI=1S/C15H20N2O3/c16-7-10-20-14-3-1-13(2-4-14)11-17-12-15(18)5-8-19-9-6-15/h1-4,17-18H,5-6,8-12H2. The molecule has 0 amide bonds. The Morgan fingerprint density at radius 1 is 1.30 bits per heavy atom. The third kappa shape index (κ3) is 4.49. The van der Waals surface area contributed by atoms with E-state index in [0.29, 0.717) is 44.9 Å². The van der Waals surface area contributed by atoms with Crippen molar-refractivity contribution in [2.24, 2.45) is 0 Å². The molecule has 1 heterocycles. The molecular weight excluding hydrogens is 256 g/mol. The van der Waals surface area contributed by atoms with Gasteiger partial charge in [0.2, 0.25) is 0 Å². The minimum absolute atomic E-state index is 0.0622. The molecule has 0 aromatic heterocycles. The molecule has 0 spiro atoms. The summed E-state index contributed by atoms with van der Waals surface area (Å²) >= 11 is 0. The fraction of sp³-hybridized carbons (Fsp3) is 0.533. The Morgan fingerprint density at radius 3 is 2.65 bits per heavy atom. The Bertz CT molecular complexity index is 447. The number of nitrogens with zero attached hydrogens (tertiary/aromatic N) is 1. The second-order valence-electron chi connectivity index (χ2n) is 5.03. The molecule has 1 fully saturated rings. The van der Waals surface area contributed by atoms with Gasteiger partial charge in [0.05, 0.1) is 5.60 Å². The summed E-state index contributed by atoms with van der Waals surface area (Å²) < 4.78 is 10.4. The number of nitrogens with one attached hydrogen (secondary N) is 1. The SMILES string of the molecule is N#CCOc1ccc(CNCC2(O)CCOCC2)cc1. The highest BCUT2D eigenvalue weighted by Crippen LogP contribution is 2.19. The molecule has 0 atom stereocenters. The van der Waals surface area contributed by atoms with Crippen molar-refractivity contribution in [2.75, 3.05) is 26.4 Å². The molecular formula is C15H20N2O3. The molecule has 0 unspecified atom stereocenters. The lowest BCUT2D eigenvalue weighted by atomic mass is 9.94. The van der Waals surface area contributed by atoms with Gasteiger partial charge in [-0.3, -0.25) is 0 Å². The van der Waals surface area contributed by atoms with Crippen molar-refractivity contribution in [3.05, 3.63) is 29.8 Å². The van der Waals surface area contributed by atoms with E-state index in [2.05, 4.69) is 5.32 Å². The van der Waals surface area contributed by atoms with Crippen molar-refractivity contribution >= 4 is 0 Å². The second-order valence-corrected chi connectivity index (χ2v) is 5.03. The van der Waals surface area contributed by atoms with E-state index in [0.717, 1.165) is 5.56 Å². The monoisotopic (exact) mass is 276 g/mol. The Morgan fingerprint density at radius 2 is 2.00 bits per heavy atom. The van der Waals surface area contributed by atoms with E-state index in [1.54, 1.807) is 0 Å². The molecule has 2 rings (SSSR count). The van der Waals surface area contributed by atoms with Crippen molar-refractivity contribution in [1.29, 1.82) is 5.26 Å². The van der Waals surface area contributed by atoms with E-state index in [-0.39, 0.29) is 6.61 Å². The van der Waals surface area contributed by atoms with Crippen LogP contribution in [0.25, 0.3) is 0 Å². The van der Waals surface area contributed by atoms with Crippen LogP contribution in [0.2, 0.25) is 0 Å². The Hall–Kier alpha value is -1.61. The van der Waals surface area contributed by atoms with Crippen LogP contribution < -0.4 is 10.1 Å². The molecule has 0 bridgehead atoms. The highest BCUT2D eigenvalue weighted by atomic mass is 16.5. The smallest absolute Gasteiger partial charge is 0.174 e. The molecule has 1 aromatic carbocycles. The summed E-state index contributed by atoms with van der Waals surface area (Å²) in [6, 6.07) is 9.53. The topological polar surface area (TPSA) is 74.5 Å². The molecule has 20 heavy (non-hydrogen) atoms. The van der Waals surface area contributed by atoms with Crippen LogP contribution in [0.1, 0.15) is 18.4 Å². The van der Waals surface area contributed by atoms with Gasteiger partial charge in [-0.05, 0) is 17.7 Å². The maximum absolute atomic E-state index is 10.3. The average molecular weight is 276 g/mol. The van der Waals surface area contributed by atoms with Crippen LogP contribution in [-0.2, 0) is 11.3 Å². The van der Waals surface area contributed by atoms with Gasteiger partial charge in [0.15, 0.2) is 6.61 Å². The summed E-state index contributed by atoms with van der Waals surface area (Å²) in [6.45, 7) is 2.59. The summed E-state index contributed by atoms with van der Waals surface area (Å²) in [5, 5.41) is 22.0. The maximum atomic E-state index is 10.3. The summed E-state index contributed by atoms with van der Waals surface area (Å²) in [7, 11) is 0. The van der Waals surface area contributed by atoms with Crippen LogP contribution in [0.4, 0.5) is 0 Å². The third-order valence-corrected chi connectivity index (χ3v) is 3.43. The Balaban J connectivity index is 1.75. The van der Waals surface area contributed by atoms with Gasteiger partial charge in [-0.1, -0.05) is 12.1 Å². The van der Waals surface area contributed by atoms with Gasteiger partial charge in [0.1, 0.15) is 11.8 Å². The van der Waals surface area contributed by atoms with Crippen molar-refractivity contribution in [2.45, 2.75) is 25.0 Å². The number of hydrogen-bond donors (Lipinski definition) is 2. The van der Waals surface area contributed by atoms with E-state index < -0.39 is 5.60 Å². The first-order valence-electron chi connectivity index (χ1n) is 6.81. The third-order valence-electron chi connectivity index (χ3n) is 3.43. The number of hydrogen-bond acceptors (Lipinski definition) is 5. The molecule has 5 nitrogen and oxygen atoms in total. The summed E-state index contributed by atoms with van der Waals surface area (Å²) in [5.74, 6) is 0.693. The Labute approximate surface area is 119 Å². The first-order valence-corrected chi connectivity index (χ1v) is 6.81. The van der Waals surface area contributed by atoms with E-state index in [1.807, 2.05) is 30.3 Å². The predicted molar refractivity (Wildman–Crippen MR) is 74.3 cm³/mol. The van der Waals surface area contributed by atoms with Crippen molar-refractivity contribution in [1.82, 2.24) is 5.32 Å². The van der Waals surface area contributed by atoms with Crippen LogP contribution in [0, 0.1) is 11.3 Å². The first-order chi connectivity index (χ1) is 9.72. The number of nitriles is 1. The second kappa shape index (κ2) is 7.25. The zero-order valence-corrected chi connectivity index (χ0v) is 11.5. The van der Waals surface area contributed by atoms with Crippen molar-refractivity contribution in [3.63, 3.8) is 0 Å².